The Morgan fingerprint density at radius 1 is 0.529 bits per heavy atom. The van der Waals surface area contributed by atoms with Crippen LogP contribution in [0.2, 0.25) is 0 Å². The summed E-state index contributed by atoms with van der Waals surface area (Å²) in [6, 6.07) is 0. The summed E-state index contributed by atoms with van der Waals surface area (Å²) < 4.78 is 0. The van der Waals surface area contributed by atoms with Crippen LogP contribution < -0.4 is 0 Å². The summed E-state index contributed by atoms with van der Waals surface area (Å²) in [5.41, 5.74) is 0. The molecule has 0 saturated carbocycles. The van der Waals surface area contributed by atoms with Gasteiger partial charge in [0.25, 0.3) is 0 Å². The third-order valence-corrected chi connectivity index (χ3v) is 1.56. The topological polar surface area (TPSA) is 40.5 Å². The van der Waals surface area contributed by atoms with Crippen molar-refractivity contribution in [2.24, 2.45) is 0 Å². The minimum absolute atomic E-state index is 0.0849. The highest BCUT2D eigenvalue weighted by molar-refractivity contribution is 5.26. The van der Waals surface area contributed by atoms with E-state index in [0.717, 1.165) is 19.3 Å². The fourth-order valence-corrected chi connectivity index (χ4v) is 0.804. The maximum Gasteiger partial charge on any atom is 0.0540 e. The van der Waals surface area contributed by atoms with Gasteiger partial charge in [0, 0.05) is 25.7 Å². The molecule has 17 heavy (non-hydrogen) atoms. The smallest absolute Gasteiger partial charge is 0.0540 e. The number of aliphatic hydroxyl groups is 2. The van der Waals surface area contributed by atoms with Gasteiger partial charge in [0.2, 0.25) is 0 Å². The van der Waals surface area contributed by atoms with Crippen molar-refractivity contribution in [2.75, 3.05) is 13.2 Å². The first-order valence-electron chi connectivity index (χ1n) is 5.55. The number of hydrogen-bond donors (Lipinski definition) is 2. The maximum atomic E-state index is 8.45. The van der Waals surface area contributed by atoms with Crippen LogP contribution in [0.1, 0.15) is 32.1 Å². The van der Waals surface area contributed by atoms with Gasteiger partial charge in [-0.15, -0.1) is 0 Å². The molecular weight excluding hydrogens is 212 g/mol. The number of rotatable bonds is 4. The number of aliphatic hydroxyl groups excluding tert-OH is 2. The quantitative estimate of drug-likeness (QED) is 0.555. The molecule has 0 spiro atoms. The van der Waals surface area contributed by atoms with E-state index in [1.807, 2.05) is 0 Å². The third kappa shape index (κ3) is 14.2. The lowest BCUT2D eigenvalue weighted by atomic mass is 10.2. The molecule has 0 bridgehead atoms. The highest BCUT2D eigenvalue weighted by Crippen LogP contribution is 1.90. The van der Waals surface area contributed by atoms with Crippen molar-refractivity contribution in [3.8, 4) is 47.4 Å². The predicted octanol–water partition coefficient (Wildman–Crippen LogP) is 0.935. The lowest BCUT2D eigenvalue weighted by molar-refractivity contribution is 0.304. The average Bonchev–Trinajstić information content (AvgIpc) is 2.35. The first-order valence-corrected chi connectivity index (χ1v) is 5.55. The summed E-state index contributed by atoms with van der Waals surface area (Å²) in [6.07, 6.45) is 3.40. The van der Waals surface area contributed by atoms with Crippen molar-refractivity contribution in [3.05, 3.63) is 0 Å². The van der Waals surface area contributed by atoms with E-state index in [9.17, 15) is 0 Å². The zero-order valence-corrected chi connectivity index (χ0v) is 9.84. The summed E-state index contributed by atoms with van der Waals surface area (Å²) in [7, 11) is 0. The monoisotopic (exact) mass is 228 g/mol. The van der Waals surface area contributed by atoms with Crippen molar-refractivity contribution in [1.29, 1.82) is 0 Å². The predicted molar refractivity (Wildman–Crippen MR) is 68.4 cm³/mol. The van der Waals surface area contributed by atoms with Gasteiger partial charge in [-0.2, -0.15) is 0 Å². The molecule has 0 atom stereocenters. The lowest BCUT2D eigenvalue weighted by Crippen LogP contribution is -1.75. The van der Waals surface area contributed by atoms with Crippen LogP contribution in [0.15, 0.2) is 0 Å². The molecule has 0 radical (unpaired) electrons. The Hall–Kier alpha value is -1.84. The van der Waals surface area contributed by atoms with Crippen LogP contribution in [0.3, 0.4) is 0 Å². The van der Waals surface area contributed by atoms with Crippen molar-refractivity contribution in [3.63, 3.8) is 0 Å². The molecule has 0 fully saturated rings. The molecule has 2 heteroatoms. The van der Waals surface area contributed by atoms with E-state index < -0.39 is 0 Å². The van der Waals surface area contributed by atoms with E-state index >= 15 is 0 Å². The van der Waals surface area contributed by atoms with Crippen molar-refractivity contribution in [2.45, 2.75) is 32.1 Å². The molecule has 0 heterocycles. The fourth-order valence-electron chi connectivity index (χ4n) is 0.804. The van der Waals surface area contributed by atoms with Crippen molar-refractivity contribution < 1.29 is 10.2 Å². The molecule has 0 saturated heterocycles. The van der Waals surface area contributed by atoms with E-state index in [-0.39, 0.29) is 13.2 Å². The van der Waals surface area contributed by atoms with Gasteiger partial charge in [0.05, 0.1) is 13.2 Å². The van der Waals surface area contributed by atoms with Gasteiger partial charge >= 0.3 is 0 Å². The SMILES string of the molecule is OCCC#CC#CCCCC#CC#CCCO. The molecule has 0 aromatic carbocycles. The van der Waals surface area contributed by atoms with E-state index in [4.69, 9.17) is 10.2 Å². The molecule has 0 aliphatic heterocycles. The second-order valence-electron chi connectivity index (χ2n) is 3.01. The highest BCUT2D eigenvalue weighted by atomic mass is 16.3. The summed E-state index contributed by atoms with van der Waals surface area (Å²) in [5, 5.41) is 16.9. The van der Waals surface area contributed by atoms with Gasteiger partial charge in [-0.05, 0) is 30.1 Å². The van der Waals surface area contributed by atoms with Crippen LogP contribution in [0.25, 0.3) is 0 Å². The van der Waals surface area contributed by atoms with Gasteiger partial charge in [0.1, 0.15) is 0 Å². The Morgan fingerprint density at radius 2 is 0.882 bits per heavy atom. The van der Waals surface area contributed by atoms with Crippen LogP contribution in [0.4, 0.5) is 0 Å². The minimum atomic E-state index is 0.0849. The van der Waals surface area contributed by atoms with E-state index in [0.29, 0.717) is 12.8 Å². The lowest BCUT2D eigenvalue weighted by Gasteiger charge is -1.82. The fraction of sp³-hybridized carbons (Fsp3) is 0.467. The second-order valence-corrected chi connectivity index (χ2v) is 3.01. The maximum absolute atomic E-state index is 8.45. The first kappa shape index (κ1) is 15.2. The summed E-state index contributed by atoms with van der Waals surface area (Å²) in [6.45, 7) is 0.170. The molecule has 0 aromatic rings. The van der Waals surface area contributed by atoms with Gasteiger partial charge < -0.3 is 10.2 Å². The zero-order chi connectivity index (χ0) is 12.6. The van der Waals surface area contributed by atoms with Gasteiger partial charge in [0.15, 0.2) is 0 Å². The standard InChI is InChI=1S/C15H16O2/c16-14-12-10-8-6-4-2-1-3-5-7-9-11-13-15-17/h16-17H,1-3,12-15H2. The zero-order valence-electron chi connectivity index (χ0n) is 9.84. The molecule has 2 nitrogen and oxygen atoms in total. The normalized spacial score (nSPS) is 7.18. The first-order chi connectivity index (χ1) is 8.41. The molecule has 88 valence electrons. The Balaban J connectivity index is 3.53. The van der Waals surface area contributed by atoms with Gasteiger partial charge in [-0.1, -0.05) is 23.7 Å². The molecule has 0 aliphatic rings. The van der Waals surface area contributed by atoms with Crippen LogP contribution >= 0.6 is 0 Å². The number of hydrogen-bond acceptors (Lipinski definition) is 2. The summed E-state index contributed by atoms with van der Waals surface area (Å²) in [4.78, 5) is 0. The summed E-state index contributed by atoms with van der Waals surface area (Å²) >= 11 is 0. The molecule has 0 unspecified atom stereocenters. The Morgan fingerprint density at radius 3 is 1.24 bits per heavy atom. The summed E-state index contributed by atoms with van der Waals surface area (Å²) in [5.74, 6) is 22.0. The van der Waals surface area contributed by atoms with Gasteiger partial charge in [-0.25, -0.2) is 0 Å². The van der Waals surface area contributed by atoms with Crippen LogP contribution in [0.5, 0.6) is 0 Å². The molecule has 0 aliphatic carbocycles. The van der Waals surface area contributed by atoms with Crippen LogP contribution in [0, 0.1) is 47.4 Å². The molecule has 2 N–H and O–H groups in total. The van der Waals surface area contributed by atoms with E-state index in [2.05, 4.69) is 47.4 Å². The highest BCUT2D eigenvalue weighted by Gasteiger charge is 1.78. The number of unbranched alkanes of at least 4 members (excludes halogenated alkanes) is 2. The van der Waals surface area contributed by atoms with Crippen molar-refractivity contribution >= 4 is 0 Å². The van der Waals surface area contributed by atoms with Crippen LogP contribution in [-0.2, 0) is 0 Å². The van der Waals surface area contributed by atoms with E-state index in [1.54, 1.807) is 0 Å². The second kappa shape index (κ2) is 14.2. The largest absolute Gasteiger partial charge is 0.395 e. The molecular formula is C15H16O2. The van der Waals surface area contributed by atoms with E-state index in [1.165, 1.54) is 0 Å². The van der Waals surface area contributed by atoms with Crippen molar-refractivity contribution in [1.82, 2.24) is 0 Å². The molecule has 0 aromatic heterocycles. The molecule has 0 rings (SSSR count). The Kier molecular flexibility index (Phi) is 12.6. The Labute approximate surface area is 103 Å². The van der Waals surface area contributed by atoms with Gasteiger partial charge in [-0.3, -0.25) is 0 Å². The Bertz CT molecular complexity index is 376. The van der Waals surface area contributed by atoms with Crippen LogP contribution in [-0.4, -0.2) is 23.4 Å². The average molecular weight is 228 g/mol. The minimum Gasteiger partial charge on any atom is -0.395 e. The molecule has 0 amide bonds. The third-order valence-electron chi connectivity index (χ3n) is 1.56.